The molecule has 1 heterocycles. The molecule has 1 aromatic heterocycles. The number of benzene rings is 3. The zero-order valence-corrected chi connectivity index (χ0v) is 23.3. The molecule has 1 saturated carbocycles. The van der Waals surface area contributed by atoms with E-state index in [1.54, 1.807) is 35.9 Å². The minimum atomic E-state index is -0.351. The van der Waals surface area contributed by atoms with E-state index in [-0.39, 0.29) is 22.8 Å². The third-order valence-corrected chi connectivity index (χ3v) is 8.63. The number of fused-ring (bicyclic) bond motifs is 4. The van der Waals surface area contributed by atoms with Crippen LogP contribution >= 0.6 is 15.9 Å². The van der Waals surface area contributed by atoms with E-state index in [2.05, 4.69) is 38.9 Å². The maximum atomic E-state index is 14.6. The van der Waals surface area contributed by atoms with Crippen LogP contribution in [0.5, 0.6) is 5.75 Å². The molecule has 0 atom stereocenters. The summed E-state index contributed by atoms with van der Waals surface area (Å²) in [7, 11) is 1.60. The van der Waals surface area contributed by atoms with Crippen LogP contribution in [0, 0.1) is 0 Å². The number of nitrogens with zero attached hydrogens (tertiary/aromatic N) is 2. The lowest BCUT2D eigenvalue weighted by Gasteiger charge is -2.42. The fraction of sp³-hybridized carbons (Fsp3) is 0.258. The van der Waals surface area contributed by atoms with E-state index in [0.717, 1.165) is 43.2 Å². The number of halogens is 1. The second-order valence-corrected chi connectivity index (χ2v) is 11.1. The minimum absolute atomic E-state index is 0.123. The Morgan fingerprint density at radius 1 is 1.00 bits per heavy atom. The normalized spacial score (nSPS) is 15.2. The van der Waals surface area contributed by atoms with Gasteiger partial charge in [0.2, 0.25) is 5.95 Å². The fourth-order valence-corrected chi connectivity index (χ4v) is 6.57. The summed E-state index contributed by atoms with van der Waals surface area (Å²) in [5, 5.41) is 0. The molecule has 1 spiro atoms. The summed E-state index contributed by atoms with van der Waals surface area (Å²) in [5.41, 5.74) is 10.1. The molecule has 0 saturated heterocycles. The second kappa shape index (κ2) is 10.3. The van der Waals surface area contributed by atoms with Crippen LogP contribution in [0.15, 0.2) is 82.1 Å². The first-order valence-corrected chi connectivity index (χ1v) is 14.0. The predicted molar refractivity (Wildman–Crippen MR) is 156 cm³/mol. The van der Waals surface area contributed by atoms with Gasteiger partial charge in [0, 0.05) is 21.5 Å². The van der Waals surface area contributed by atoms with Crippen LogP contribution < -0.4 is 21.1 Å². The zero-order chi connectivity index (χ0) is 27.0. The molecule has 198 valence electrons. The smallest absolute Gasteiger partial charge is 0.270 e. The van der Waals surface area contributed by atoms with Gasteiger partial charge in [-0.2, -0.15) is 0 Å². The van der Waals surface area contributed by atoms with Crippen LogP contribution in [0.3, 0.4) is 0 Å². The Balaban J connectivity index is 1.54. The van der Waals surface area contributed by atoms with Crippen LogP contribution in [-0.2, 0) is 11.8 Å². The van der Waals surface area contributed by atoms with Gasteiger partial charge in [0.15, 0.2) is 0 Å². The Hall–Kier alpha value is -3.91. The molecule has 0 radical (unpaired) electrons. The maximum Gasteiger partial charge on any atom is 0.270 e. The van der Waals surface area contributed by atoms with Crippen LogP contribution in [0.4, 0.5) is 5.95 Å². The number of amides is 1. The highest BCUT2D eigenvalue weighted by molar-refractivity contribution is 9.10. The first kappa shape index (κ1) is 25.4. The number of ether oxygens (including phenoxy) is 1. The lowest BCUT2D eigenvalue weighted by molar-refractivity contribution is 0.0961. The number of hydrogen-bond donors (Lipinski definition) is 2. The van der Waals surface area contributed by atoms with Crippen LogP contribution in [0.2, 0.25) is 0 Å². The van der Waals surface area contributed by atoms with Gasteiger partial charge in [0.25, 0.3) is 11.5 Å². The highest BCUT2D eigenvalue weighted by Crippen LogP contribution is 2.48. The largest absolute Gasteiger partial charge is 0.497 e. The number of methoxy groups -OCH3 is 1. The number of rotatable bonds is 5. The number of nitrogens with one attached hydrogen (secondary N) is 2. The van der Waals surface area contributed by atoms with E-state index in [4.69, 9.17) is 9.72 Å². The average Bonchev–Trinajstić information content (AvgIpc) is 2.96. The summed E-state index contributed by atoms with van der Waals surface area (Å²) in [4.78, 5) is 32.7. The summed E-state index contributed by atoms with van der Waals surface area (Å²) in [6.07, 6.45) is 6.09. The Morgan fingerprint density at radius 2 is 1.77 bits per heavy atom. The van der Waals surface area contributed by atoms with Crippen molar-refractivity contribution in [1.29, 1.82) is 0 Å². The molecule has 7 nitrogen and oxygen atoms in total. The molecule has 8 heteroatoms. The van der Waals surface area contributed by atoms with Crippen molar-refractivity contribution >= 4 is 27.8 Å². The lowest BCUT2D eigenvalue weighted by Crippen LogP contribution is -2.44. The molecule has 39 heavy (non-hydrogen) atoms. The SMILES string of the molecule is COc1cccc(-n2c(NNC(=O)c3ccccc3Br)nc3c(c2=O)C2(CCCCC2)Cc2ccccc2-3)c1. The molecule has 1 fully saturated rings. The molecule has 0 bridgehead atoms. The van der Waals surface area contributed by atoms with Crippen LogP contribution in [-0.4, -0.2) is 22.6 Å². The first-order chi connectivity index (χ1) is 19.0. The molecule has 0 aliphatic heterocycles. The van der Waals surface area contributed by atoms with Crippen molar-refractivity contribution in [3.8, 4) is 22.7 Å². The van der Waals surface area contributed by atoms with Gasteiger partial charge in [0.05, 0.1) is 29.6 Å². The highest BCUT2D eigenvalue weighted by atomic mass is 79.9. The van der Waals surface area contributed by atoms with Gasteiger partial charge in [-0.3, -0.25) is 20.4 Å². The molecule has 3 aromatic carbocycles. The van der Waals surface area contributed by atoms with Gasteiger partial charge in [-0.25, -0.2) is 9.55 Å². The summed E-state index contributed by atoms with van der Waals surface area (Å²) < 4.78 is 7.69. The van der Waals surface area contributed by atoms with Crippen LogP contribution in [0.1, 0.15) is 53.6 Å². The van der Waals surface area contributed by atoms with Gasteiger partial charge in [-0.1, -0.05) is 61.7 Å². The topological polar surface area (TPSA) is 85.2 Å². The van der Waals surface area contributed by atoms with E-state index in [0.29, 0.717) is 27.2 Å². The minimum Gasteiger partial charge on any atom is -0.497 e. The third-order valence-electron chi connectivity index (χ3n) is 7.94. The molecular weight excluding hydrogens is 556 g/mol. The third kappa shape index (κ3) is 4.52. The fourth-order valence-electron chi connectivity index (χ4n) is 6.11. The van der Waals surface area contributed by atoms with Crippen molar-refractivity contribution in [2.45, 2.75) is 43.9 Å². The van der Waals surface area contributed by atoms with Crippen molar-refractivity contribution in [2.75, 3.05) is 12.5 Å². The first-order valence-electron chi connectivity index (χ1n) is 13.2. The van der Waals surface area contributed by atoms with Crippen molar-refractivity contribution in [3.05, 3.63) is 104 Å². The van der Waals surface area contributed by atoms with Gasteiger partial charge in [-0.15, -0.1) is 0 Å². The number of hydrogen-bond acceptors (Lipinski definition) is 5. The molecule has 0 unspecified atom stereocenters. The van der Waals surface area contributed by atoms with Gasteiger partial charge in [-0.05, 0) is 65.0 Å². The number of carbonyl (C=O) groups is 1. The summed E-state index contributed by atoms with van der Waals surface area (Å²) in [6.45, 7) is 0. The maximum absolute atomic E-state index is 14.6. The molecule has 2 N–H and O–H groups in total. The predicted octanol–water partition coefficient (Wildman–Crippen LogP) is 6.19. The van der Waals surface area contributed by atoms with Crippen LogP contribution in [0.25, 0.3) is 16.9 Å². The summed E-state index contributed by atoms with van der Waals surface area (Å²) >= 11 is 3.44. The Labute approximate surface area is 235 Å². The molecule has 4 aromatic rings. The Kier molecular flexibility index (Phi) is 6.73. The van der Waals surface area contributed by atoms with E-state index in [9.17, 15) is 9.59 Å². The molecule has 2 aliphatic rings. The molecular formula is C31H29BrN4O3. The Morgan fingerprint density at radius 3 is 2.56 bits per heavy atom. The standard InChI is InChI=1S/C31H29BrN4O3/c1-39-22-12-9-11-21(18-22)36-29(38)26-27(33-30(36)35-34-28(37)24-14-5-6-15-25(24)32)23-13-4-3-10-20(23)19-31(26)16-7-2-8-17-31/h3-6,9-15,18H,2,7-8,16-17,19H2,1H3,(H,33,35)(H,34,37). The number of carbonyl (C=O) groups excluding carboxylic acids is 1. The van der Waals surface area contributed by atoms with E-state index in [1.165, 1.54) is 12.0 Å². The quantitative estimate of drug-likeness (QED) is 0.273. The van der Waals surface area contributed by atoms with E-state index < -0.39 is 0 Å². The summed E-state index contributed by atoms with van der Waals surface area (Å²) in [5.74, 6) is 0.504. The second-order valence-electron chi connectivity index (χ2n) is 10.2. The summed E-state index contributed by atoms with van der Waals surface area (Å²) in [6, 6.07) is 22.7. The van der Waals surface area contributed by atoms with Crippen molar-refractivity contribution in [3.63, 3.8) is 0 Å². The van der Waals surface area contributed by atoms with E-state index in [1.807, 2.05) is 36.4 Å². The number of hydrazine groups is 1. The number of aromatic nitrogens is 2. The van der Waals surface area contributed by atoms with Crippen molar-refractivity contribution in [1.82, 2.24) is 15.0 Å². The van der Waals surface area contributed by atoms with Crippen molar-refractivity contribution < 1.29 is 9.53 Å². The van der Waals surface area contributed by atoms with Gasteiger partial charge in [0.1, 0.15) is 5.75 Å². The monoisotopic (exact) mass is 584 g/mol. The molecule has 6 rings (SSSR count). The average molecular weight is 586 g/mol. The highest BCUT2D eigenvalue weighted by Gasteiger charge is 2.43. The Bertz CT molecular complexity index is 1620. The van der Waals surface area contributed by atoms with Crippen molar-refractivity contribution in [2.24, 2.45) is 0 Å². The number of anilines is 1. The van der Waals surface area contributed by atoms with Gasteiger partial charge >= 0.3 is 0 Å². The molecule has 2 aliphatic carbocycles. The molecule has 1 amide bonds. The lowest BCUT2D eigenvalue weighted by atomic mass is 9.62. The van der Waals surface area contributed by atoms with Gasteiger partial charge < -0.3 is 4.74 Å². The van der Waals surface area contributed by atoms with E-state index >= 15 is 0 Å². The zero-order valence-electron chi connectivity index (χ0n) is 21.7.